The van der Waals surface area contributed by atoms with Gasteiger partial charge in [0.2, 0.25) is 21.7 Å². The zero-order chi connectivity index (χ0) is 25.4. The SMILES string of the molecule is CC(C)CC(NS(=O)(=O)c1ccccc1)C(=O)NC1Cc2ccnc(n2)CCCCNC(=O)C1=O. The molecule has 1 aliphatic rings. The van der Waals surface area contributed by atoms with Gasteiger partial charge < -0.3 is 10.6 Å². The maximum atomic E-state index is 13.3. The Bertz CT molecular complexity index is 1150. The molecule has 3 rings (SSSR count). The summed E-state index contributed by atoms with van der Waals surface area (Å²) in [6, 6.07) is 7.01. The Morgan fingerprint density at radius 3 is 2.60 bits per heavy atom. The number of Topliss-reactive ketones (excluding diaryl/α,β-unsaturated/α-hetero) is 1. The molecule has 0 aliphatic carbocycles. The molecule has 2 aromatic rings. The Hall–Kier alpha value is -3.18. The second-order valence-electron chi connectivity index (χ2n) is 8.92. The summed E-state index contributed by atoms with van der Waals surface area (Å²) in [7, 11) is -3.99. The van der Waals surface area contributed by atoms with Crippen LogP contribution in [0.4, 0.5) is 0 Å². The topological polar surface area (TPSA) is 147 Å². The van der Waals surface area contributed by atoms with Gasteiger partial charge in [0, 0.05) is 31.3 Å². The summed E-state index contributed by atoms with van der Waals surface area (Å²) < 4.78 is 28.2. The van der Waals surface area contributed by atoms with Gasteiger partial charge in [-0.3, -0.25) is 14.4 Å². The molecule has 1 aromatic heterocycles. The van der Waals surface area contributed by atoms with Crippen LogP contribution in [0.15, 0.2) is 47.5 Å². The summed E-state index contributed by atoms with van der Waals surface area (Å²) in [5, 5.41) is 5.19. The molecule has 35 heavy (non-hydrogen) atoms. The van der Waals surface area contributed by atoms with Crippen LogP contribution < -0.4 is 15.4 Å². The predicted octanol–water partition coefficient (Wildman–Crippen LogP) is 0.919. The van der Waals surface area contributed by atoms with Crippen molar-refractivity contribution in [1.29, 1.82) is 0 Å². The third-order valence-electron chi connectivity index (χ3n) is 5.52. The zero-order valence-electron chi connectivity index (χ0n) is 19.9. The van der Waals surface area contributed by atoms with Gasteiger partial charge in [-0.15, -0.1) is 0 Å². The van der Waals surface area contributed by atoms with Gasteiger partial charge in [0.05, 0.1) is 4.90 Å². The Balaban J connectivity index is 1.85. The van der Waals surface area contributed by atoms with E-state index >= 15 is 0 Å². The smallest absolute Gasteiger partial charge is 0.289 e. The van der Waals surface area contributed by atoms with Gasteiger partial charge in [-0.05, 0) is 43.4 Å². The molecule has 2 unspecified atom stereocenters. The first kappa shape index (κ1) is 26.4. The summed E-state index contributed by atoms with van der Waals surface area (Å²) in [5.41, 5.74) is 0.507. The average molecular weight is 502 g/mol. The molecule has 0 spiro atoms. The minimum atomic E-state index is -3.99. The Labute approximate surface area is 205 Å². The molecule has 11 heteroatoms. The molecular weight excluding hydrogens is 470 g/mol. The second kappa shape index (κ2) is 12.0. The molecule has 2 atom stereocenters. The van der Waals surface area contributed by atoms with E-state index in [4.69, 9.17) is 0 Å². The first-order valence-electron chi connectivity index (χ1n) is 11.7. The predicted molar refractivity (Wildman–Crippen MR) is 129 cm³/mol. The number of carbonyl (C=O) groups excluding carboxylic acids is 3. The molecule has 10 nitrogen and oxygen atoms in total. The molecule has 2 bridgehead atoms. The van der Waals surface area contributed by atoms with Gasteiger partial charge in [0.25, 0.3) is 5.91 Å². The van der Waals surface area contributed by atoms with Gasteiger partial charge in [-0.2, -0.15) is 4.72 Å². The summed E-state index contributed by atoms with van der Waals surface area (Å²) in [4.78, 5) is 47.4. The van der Waals surface area contributed by atoms with E-state index in [-0.39, 0.29) is 23.7 Å². The monoisotopic (exact) mass is 501 g/mol. The molecule has 0 radical (unpaired) electrons. The highest BCUT2D eigenvalue weighted by Crippen LogP contribution is 2.13. The molecule has 0 saturated heterocycles. The molecule has 1 aromatic carbocycles. The van der Waals surface area contributed by atoms with E-state index in [1.165, 1.54) is 12.1 Å². The number of hydrogen-bond donors (Lipinski definition) is 3. The average Bonchev–Trinajstić information content (AvgIpc) is 2.82. The van der Waals surface area contributed by atoms with E-state index in [1.807, 2.05) is 13.8 Å². The molecule has 0 fully saturated rings. The van der Waals surface area contributed by atoms with Crippen LogP contribution in [0, 0.1) is 5.92 Å². The van der Waals surface area contributed by atoms with Gasteiger partial charge in [-0.1, -0.05) is 32.0 Å². The first-order valence-corrected chi connectivity index (χ1v) is 13.1. The van der Waals surface area contributed by atoms with Crippen molar-refractivity contribution < 1.29 is 22.8 Å². The third-order valence-corrected chi connectivity index (χ3v) is 7.01. The summed E-state index contributed by atoms with van der Waals surface area (Å²) in [5.74, 6) is -1.70. The van der Waals surface area contributed by atoms with Crippen molar-refractivity contribution in [2.45, 2.75) is 62.9 Å². The molecule has 1 aliphatic heterocycles. The fourth-order valence-corrected chi connectivity index (χ4v) is 4.99. The van der Waals surface area contributed by atoms with E-state index in [1.54, 1.807) is 30.5 Å². The fraction of sp³-hybridized carbons (Fsp3) is 0.458. The van der Waals surface area contributed by atoms with Crippen molar-refractivity contribution in [1.82, 2.24) is 25.3 Å². The standard InChI is InChI=1S/C24H31N5O5S/c1-16(2)14-20(29-35(33,34)18-8-4-3-5-9-18)23(31)28-19-15-17-11-13-25-21(27-17)10-6-7-12-26-24(32)22(19)30/h3-5,8-9,11,13,16,19-20,29H,6-7,10,12,14-15H2,1-2H3,(H,26,32)(H,28,31). The van der Waals surface area contributed by atoms with E-state index in [0.29, 0.717) is 30.9 Å². The number of aryl methyl sites for hydroxylation is 1. The molecule has 188 valence electrons. The van der Waals surface area contributed by atoms with E-state index in [0.717, 1.165) is 6.42 Å². The van der Waals surface area contributed by atoms with Crippen LogP contribution in [-0.2, 0) is 37.2 Å². The van der Waals surface area contributed by atoms with E-state index in [2.05, 4.69) is 25.3 Å². The highest BCUT2D eigenvalue weighted by molar-refractivity contribution is 7.89. The Morgan fingerprint density at radius 2 is 1.89 bits per heavy atom. The lowest BCUT2D eigenvalue weighted by Crippen LogP contribution is -2.55. The lowest BCUT2D eigenvalue weighted by atomic mass is 10.0. The van der Waals surface area contributed by atoms with Crippen LogP contribution in [-0.4, -0.2) is 54.6 Å². The van der Waals surface area contributed by atoms with Gasteiger partial charge >= 0.3 is 0 Å². The Morgan fingerprint density at radius 1 is 1.14 bits per heavy atom. The minimum Gasteiger partial charge on any atom is -0.349 e. The van der Waals surface area contributed by atoms with Crippen LogP contribution in [0.2, 0.25) is 0 Å². The number of carbonyl (C=O) groups is 3. The number of ketones is 1. The number of sulfonamides is 1. The lowest BCUT2D eigenvalue weighted by Gasteiger charge is -2.24. The van der Waals surface area contributed by atoms with Gasteiger partial charge in [0.1, 0.15) is 17.9 Å². The second-order valence-corrected chi connectivity index (χ2v) is 10.6. The van der Waals surface area contributed by atoms with E-state index < -0.39 is 39.7 Å². The number of nitrogens with one attached hydrogen (secondary N) is 3. The molecule has 2 heterocycles. The van der Waals surface area contributed by atoms with Crippen molar-refractivity contribution >= 4 is 27.6 Å². The lowest BCUT2D eigenvalue weighted by molar-refractivity contribution is -0.140. The largest absolute Gasteiger partial charge is 0.349 e. The van der Waals surface area contributed by atoms with Gasteiger partial charge in [-0.25, -0.2) is 18.4 Å². The zero-order valence-corrected chi connectivity index (χ0v) is 20.7. The molecule has 3 N–H and O–H groups in total. The van der Waals surface area contributed by atoms with Crippen molar-refractivity contribution in [2.75, 3.05) is 6.54 Å². The summed E-state index contributed by atoms with van der Waals surface area (Å²) >= 11 is 0. The van der Waals surface area contributed by atoms with Crippen molar-refractivity contribution in [3.8, 4) is 0 Å². The highest BCUT2D eigenvalue weighted by Gasteiger charge is 2.32. The third kappa shape index (κ3) is 7.66. The number of aromatic nitrogens is 2. The van der Waals surface area contributed by atoms with Crippen LogP contribution in [0.5, 0.6) is 0 Å². The maximum absolute atomic E-state index is 13.3. The normalized spacial score (nSPS) is 18.2. The molecule has 0 saturated carbocycles. The van der Waals surface area contributed by atoms with Gasteiger partial charge in [0.15, 0.2) is 0 Å². The summed E-state index contributed by atoms with van der Waals surface area (Å²) in [6.07, 6.45) is 3.81. The highest BCUT2D eigenvalue weighted by atomic mass is 32.2. The van der Waals surface area contributed by atoms with Crippen molar-refractivity contribution in [3.63, 3.8) is 0 Å². The number of nitrogens with zero attached hydrogens (tertiary/aromatic N) is 2. The minimum absolute atomic E-state index is 0.0205. The van der Waals surface area contributed by atoms with Crippen LogP contribution >= 0.6 is 0 Å². The van der Waals surface area contributed by atoms with Crippen molar-refractivity contribution in [2.24, 2.45) is 5.92 Å². The quantitative estimate of drug-likeness (QED) is 0.478. The number of fused-ring (bicyclic) bond motifs is 2. The molecule has 2 amide bonds. The van der Waals surface area contributed by atoms with Crippen LogP contribution in [0.3, 0.4) is 0 Å². The first-order chi connectivity index (χ1) is 16.7. The Kier molecular flexibility index (Phi) is 9.05. The number of benzene rings is 1. The van der Waals surface area contributed by atoms with Crippen LogP contribution in [0.1, 0.15) is 44.6 Å². The number of hydrogen-bond acceptors (Lipinski definition) is 7. The number of amides is 2. The van der Waals surface area contributed by atoms with Crippen LogP contribution in [0.25, 0.3) is 0 Å². The fourth-order valence-electron chi connectivity index (χ4n) is 3.76. The maximum Gasteiger partial charge on any atom is 0.289 e. The molecular formula is C24H31N5O5S. The summed E-state index contributed by atoms with van der Waals surface area (Å²) in [6.45, 7) is 4.03. The number of rotatable bonds is 7. The van der Waals surface area contributed by atoms with Crippen molar-refractivity contribution in [3.05, 3.63) is 54.1 Å². The van der Waals surface area contributed by atoms with E-state index in [9.17, 15) is 22.8 Å².